The van der Waals surface area contributed by atoms with Crippen molar-refractivity contribution in [3.8, 4) is 11.1 Å². The number of carboxylic acid groups (broad SMARTS) is 1. The summed E-state index contributed by atoms with van der Waals surface area (Å²) >= 11 is 0. The molecule has 0 aliphatic carbocycles. The molecule has 5 rings (SSSR count). The zero-order valence-electron chi connectivity index (χ0n) is 27.5. The van der Waals surface area contributed by atoms with E-state index in [2.05, 4.69) is 34.4 Å². The average molecular weight is 652 g/mol. The molecule has 1 aliphatic heterocycles. The van der Waals surface area contributed by atoms with Gasteiger partial charge in [0.05, 0.1) is 18.8 Å². The van der Waals surface area contributed by atoms with Gasteiger partial charge in [-0.2, -0.15) is 0 Å². The highest BCUT2D eigenvalue weighted by Crippen LogP contribution is 2.38. The second-order valence-electron chi connectivity index (χ2n) is 12.3. The number of carbonyl (C=O) groups excluding carboxylic acids is 1. The second-order valence-corrected chi connectivity index (χ2v) is 12.3. The van der Waals surface area contributed by atoms with Crippen LogP contribution in [0.4, 0.5) is 0 Å². The Morgan fingerprint density at radius 3 is 2.35 bits per heavy atom. The van der Waals surface area contributed by atoms with Crippen LogP contribution in [-0.2, 0) is 38.6 Å². The zero-order valence-corrected chi connectivity index (χ0v) is 27.5. The van der Waals surface area contributed by atoms with E-state index in [4.69, 9.17) is 14.6 Å². The van der Waals surface area contributed by atoms with Crippen molar-refractivity contribution in [1.82, 2.24) is 15.2 Å². The molecule has 1 aliphatic rings. The third kappa shape index (κ3) is 10.3. The number of aliphatic hydroxyl groups excluding tert-OH is 1. The molecule has 1 aromatic heterocycles. The molecule has 9 heteroatoms. The number of rotatable bonds is 16. The summed E-state index contributed by atoms with van der Waals surface area (Å²) in [5, 5.41) is 21.3. The number of ether oxygens (including phenoxy) is 2. The molecule has 1 saturated heterocycles. The number of benzene rings is 3. The molecule has 48 heavy (non-hydrogen) atoms. The van der Waals surface area contributed by atoms with Gasteiger partial charge in [0, 0.05) is 62.8 Å². The van der Waals surface area contributed by atoms with Crippen molar-refractivity contribution in [2.24, 2.45) is 0 Å². The van der Waals surface area contributed by atoms with Crippen LogP contribution in [0.1, 0.15) is 72.4 Å². The Morgan fingerprint density at radius 1 is 0.896 bits per heavy atom. The fourth-order valence-electron chi connectivity index (χ4n) is 5.94. The first-order valence-electron chi connectivity index (χ1n) is 16.6. The first-order valence-corrected chi connectivity index (χ1v) is 16.6. The van der Waals surface area contributed by atoms with E-state index in [9.17, 15) is 14.7 Å². The molecule has 0 unspecified atom stereocenters. The van der Waals surface area contributed by atoms with E-state index >= 15 is 0 Å². The molecule has 1 fully saturated rings. The lowest BCUT2D eigenvalue weighted by Crippen LogP contribution is -2.38. The van der Waals surface area contributed by atoms with Gasteiger partial charge in [0.2, 0.25) is 5.91 Å². The number of carboxylic acids is 1. The number of nitrogens with zero attached hydrogens (tertiary/aromatic N) is 2. The number of amides is 1. The number of pyridine rings is 1. The number of aliphatic hydroxyl groups is 1. The van der Waals surface area contributed by atoms with Gasteiger partial charge in [-0.1, -0.05) is 78.9 Å². The fraction of sp³-hybridized carbons (Fsp3) is 0.359. The predicted octanol–water partition coefficient (Wildman–Crippen LogP) is 6.22. The van der Waals surface area contributed by atoms with E-state index in [0.717, 1.165) is 58.6 Å². The SMILES string of the molecule is CN(CCc1ccccn1)C[C@@H]1C[C@H](c2ccc(CO)cc2)O[C@H](c2ccc(-c3ccccc3CNC(=O)CCCCC(=O)O)cc2)O1. The minimum atomic E-state index is -0.842. The highest BCUT2D eigenvalue weighted by atomic mass is 16.7. The Bertz CT molecular complexity index is 1600. The van der Waals surface area contributed by atoms with Crippen LogP contribution in [-0.4, -0.2) is 58.2 Å². The van der Waals surface area contributed by atoms with Crippen LogP contribution < -0.4 is 5.32 Å². The van der Waals surface area contributed by atoms with E-state index < -0.39 is 12.3 Å². The zero-order chi connectivity index (χ0) is 33.7. The van der Waals surface area contributed by atoms with Gasteiger partial charge in [-0.15, -0.1) is 0 Å². The molecule has 0 bridgehead atoms. The van der Waals surface area contributed by atoms with Gasteiger partial charge in [0.1, 0.15) is 0 Å². The lowest BCUT2D eigenvalue weighted by Gasteiger charge is -2.38. The van der Waals surface area contributed by atoms with Crippen LogP contribution in [0.2, 0.25) is 0 Å². The lowest BCUT2D eigenvalue weighted by molar-refractivity contribution is -0.252. The highest BCUT2D eigenvalue weighted by molar-refractivity contribution is 5.76. The summed E-state index contributed by atoms with van der Waals surface area (Å²) in [6.07, 6.45) is 4.02. The third-order valence-corrected chi connectivity index (χ3v) is 8.64. The van der Waals surface area contributed by atoms with Gasteiger partial charge in [-0.05, 0) is 59.8 Å². The summed E-state index contributed by atoms with van der Waals surface area (Å²) in [7, 11) is 2.11. The topological polar surface area (TPSA) is 121 Å². The van der Waals surface area contributed by atoms with Gasteiger partial charge >= 0.3 is 5.97 Å². The highest BCUT2D eigenvalue weighted by Gasteiger charge is 2.32. The summed E-state index contributed by atoms with van der Waals surface area (Å²) < 4.78 is 13.1. The maximum Gasteiger partial charge on any atom is 0.303 e. The molecule has 3 aromatic carbocycles. The Morgan fingerprint density at radius 2 is 1.62 bits per heavy atom. The molecular formula is C39H45N3O6. The quantitative estimate of drug-likeness (QED) is 0.122. The monoisotopic (exact) mass is 651 g/mol. The molecule has 0 saturated carbocycles. The van der Waals surface area contributed by atoms with Gasteiger partial charge < -0.3 is 29.9 Å². The van der Waals surface area contributed by atoms with E-state index in [-0.39, 0.29) is 31.1 Å². The Labute approximate surface area is 282 Å². The maximum absolute atomic E-state index is 12.4. The van der Waals surface area contributed by atoms with Gasteiger partial charge in [0.15, 0.2) is 6.29 Å². The first kappa shape index (κ1) is 34.9. The number of aromatic nitrogens is 1. The molecule has 3 N–H and O–H groups in total. The Hall–Kier alpha value is -4.41. The molecule has 9 nitrogen and oxygen atoms in total. The average Bonchev–Trinajstić information content (AvgIpc) is 3.12. The summed E-state index contributed by atoms with van der Waals surface area (Å²) in [5.41, 5.74) is 6.93. The number of carbonyl (C=O) groups is 2. The summed E-state index contributed by atoms with van der Waals surface area (Å²) in [4.78, 5) is 29.8. The molecule has 0 spiro atoms. The van der Waals surface area contributed by atoms with Gasteiger partial charge in [-0.25, -0.2) is 0 Å². The van der Waals surface area contributed by atoms with Gasteiger partial charge in [0.25, 0.3) is 0 Å². The number of unbranched alkanes of at least 4 members (excludes halogenated alkanes) is 1. The standard InChI is InChI=1S/C39H45N3O6/c1-42(23-21-33-9-6-7-22-40-33)26-34-24-36(30-15-13-28(27-43)14-16-30)48-39(47-34)31-19-17-29(18-20-31)35-10-3-2-8-32(35)25-41-37(44)11-4-5-12-38(45)46/h2-3,6-10,13-20,22,34,36,39,43H,4-5,11-12,21,23-27H2,1H3,(H,41,44)(H,45,46)/t34-,36+,39+/m0/s1. The number of nitrogens with one attached hydrogen (secondary N) is 1. The van der Waals surface area contributed by atoms with Crippen molar-refractivity contribution in [1.29, 1.82) is 0 Å². The van der Waals surface area contributed by atoms with Crippen LogP contribution in [0.25, 0.3) is 11.1 Å². The fourth-order valence-corrected chi connectivity index (χ4v) is 5.94. The minimum Gasteiger partial charge on any atom is -0.481 e. The van der Waals surface area contributed by atoms with E-state index in [0.29, 0.717) is 32.2 Å². The number of hydrogen-bond donors (Lipinski definition) is 3. The largest absolute Gasteiger partial charge is 0.481 e. The van der Waals surface area contributed by atoms with Crippen molar-refractivity contribution in [2.75, 3.05) is 20.1 Å². The van der Waals surface area contributed by atoms with Crippen molar-refractivity contribution in [3.05, 3.63) is 125 Å². The molecule has 0 radical (unpaired) electrons. The number of aliphatic carboxylic acids is 1. The summed E-state index contributed by atoms with van der Waals surface area (Å²) in [6.45, 7) is 1.99. The van der Waals surface area contributed by atoms with E-state index in [1.165, 1.54) is 0 Å². The molecular weight excluding hydrogens is 606 g/mol. The van der Waals surface area contributed by atoms with Crippen molar-refractivity contribution in [3.63, 3.8) is 0 Å². The Balaban J connectivity index is 1.26. The van der Waals surface area contributed by atoms with E-state index in [1.54, 1.807) is 0 Å². The molecule has 2 heterocycles. The smallest absolute Gasteiger partial charge is 0.303 e. The Kier molecular flexibility index (Phi) is 12.8. The summed E-state index contributed by atoms with van der Waals surface area (Å²) in [6, 6.07) is 30.1. The minimum absolute atomic E-state index is 0.00231. The number of likely N-dealkylation sites (N-methyl/N-ethyl adjacent to an activating group) is 1. The van der Waals surface area contributed by atoms with Crippen molar-refractivity contribution in [2.45, 2.75) is 70.2 Å². The van der Waals surface area contributed by atoms with E-state index in [1.807, 2.05) is 85.1 Å². The molecule has 4 aromatic rings. The van der Waals surface area contributed by atoms with Gasteiger partial charge in [-0.3, -0.25) is 14.6 Å². The number of hydrogen-bond acceptors (Lipinski definition) is 7. The maximum atomic E-state index is 12.4. The van der Waals surface area contributed by atoms with Crippen molar-refractivity contribution < 1.29 is 29.3 Å². The van der Waals surface area contributed by atoms with Crippen LogP contribution in [0, 0.1) is 0 Å². The van der Waals surface area contributed by atoms with Crippen LogP contribution in [0.5, 0.6) is 0 Å². The predicted molar refractivity (Wildman–Crippen MR) is 184 cm³/mol. The lowest BCUT2D eigenvalue weighted by atomic mass is 9.97. The normalized spacial score (nSPS) is 17.7. The summed E-state index contributed by atoms with van der Waals surface area (Å²) in [5.74, 6) is -0.931. The molecule has 3 atom stereocenters. The first-order chi connectivity index (χ1) is 23.4. The second kappa shape index (κ2) is 17.7. The molecule has 252 valence electrons. The van der Waals surface area contributed by atoms with Crippen LogP contribution in [0.3, 0.4) is 0 Å². The van der Waals surface area contributed by atoms with Crippen molar-refractivity contribution >= 4 is 11.9 Å². The molecule has 1 amide bonds. The third-order valence-electron chi connectivity index (χ3n) is 8.64. The van der Waals surface area contributed by atoms with Crippen LogP contribution >= 0.6 is 0 Å². The van der Waals surface area contributed by atoms with Crippen LogP contribution in [0.15, 0.2) is 97.2 Å².